The number of hydrazone groups is 1. The lowest BCUT2D eigenvalue weighted by Gasteiger charge is -2.31. The molecule has 1 unspecified atom stereocenters. The summed E-state index contributed by atoms with van der Waals surface area (Å²) in [4.78, 5) is 35.8. The Hall–Kier alpha value is -3.23. The van der Waals surface area contributed by atoms with Gasteiger partial charge in [-0.25, -0.2) is 0 Å². The number of hydrogen-bond acceptors (Lipinski definition) is 6. The third kappa shape index (κ3) is 5.63. The molecule has 1 fully saturated rings. The number of anilines is 1. The summed E-state index contributed by atoms with van der Waals surface area (Å²) in [5.41, 5.74) is 1.99. The van der Waals surface area contributed by atoms with E-state index in [2.05, 4.69) is 26.5 Å². The Morgan fingerprint density at radius 3 is 2.56 bits per heavy atom. The molecular formula is C18H24N6O3. The first-order valence-electron chi connectivity index (χ1n) is 8.65. The molecule has 1 aliphatic rings. The van der Waals surface area contributed by atoms with Crippen LogP contribution in [0.3, 0.4) is 0 Å². The van der Waals surface area contributed by atoms with Gasteiger partial charge in [-0.3, -0.25) is 19.8 Å². The fraction of sp³-hybridized carbons (Fsp3) is 0.389. The van der Waals surface area contributed by atoms with Gasteiger partial charge in [0.1, 0.15) is 5.54 Å². The molecule has 0 spiro atoms. The van der Waals surface area contributed by atoms with Crippen molar-refractivity contribution < 1.29 is 14.4 Å². The molecule has 5 N–H and O–H groups in total. The van der Waals surface area contributed by atoms with Crippen LogP contribution in [0.5, 0.6) is 0 Å². The molecule has 0 aliphatic heterocycles. The highest BCUT2D eigenvalue weighted by atomic mass is 16.2. The van der Waals surface area contributed by atoms with Crippen molar-refractivity contribution in [3.8, 4) is 0 Å². The minimum absolute atomic E-state index is 0.0983. The van der Waals surface area contributed by atoms with Crippen molar-refractivity contribution in [3.05, 3.63) is 30.3 Å². The smallest absolute Gasteiger partial charge is 0.273 e. The lowest BCUT2D eigenvalue weighted by molar-refractivity contribution is -0.130. The summed E-state index contributed by atoms with van der Waals surface area (Å²) in [5, 5.41) is 19.0. The lowest BCUT2D eigenvalue weighted by Crippen LogP contribution is -2.62. The molecule has 1 aliphatic carbocycles. The second-order valence-corrected chi connectivity index (χ2v) is 6.37. The zero-order valence-electron chi connectivity index (χ0n) is 15.1. The molecule has 1 aromatic rings. The van der Waals surface area contributed by atoms with Gasteiger partial charge in [0.05, 0.1) is 18.4 Å². The van der Waals surface area contributed by atoms with Crippen LogP contribution in [0.1, 0.15) is 19.3 Å². The molecule has 1 saturated carbocycles. The van der Waals surface area contributed by atoms with E-state index < -0.39 is 11.4 Å². The van der Waals surface area contributed by atoms with E-state index in [9.17, 15) is 14.4 Å². The number of carbonyl (C=O) groups is 3. The van der Waals surface area contributed by atoms with Gasteiger partial charge in [-0.1, -0.05) is 31.0 Å². The van der Waals surface area contributed by atoms with Crippen LogP contribution < -0.4 is 21.4 Å². The van der Waals surface area contributed by atoms with Crippen LogP contribution in [0.4, 0.5) is 5.69 Å². The van der Waals surface area contributed by atoms with Gasteiger partial charge < -0.3 is 21.4 Å². The molecule has 27 heavy (non-hydrogen) atoms. The molecule has 1 atom stereocenters. The van der Waals surface area contributed by atoms with Crippen LogP contribution in [0.15, 0.2) is 35.4 Å². The summed E-state index contributed by atoms with van der Waals surface area (Å²) in [7, 11) is 1.48. The lowest BCUT2D eigenvalue weighted by atomic mass is 9.91. The van der Waals surface area contributed by atoms with Gasteiger partial charge >= 0.3 is 0 Å². The summed E-state index contributed by atoms with van der Waals surface area (Å²) in [5.74, 6) is -0.662. The van der Waals surface area contributed by atoms with E-state index in [-0.39, 0.29) is 18.2 Å². The van der Waals surface area contributed by atoms with Crippen molar-refractivity contribution >= 4 is 35.8 Å². The molecule has 0 saturated heterocycles. The highest BCUT2D eigenvalue weighted by Crippen LogP contribution is 2.36. The Labute approximate surface area is 157 Å². The topological polar surface area (TPSA) is 136 Å². The number of nitrogens with one attached hydrogen (secondary N) is 5. The average Bonchev–Trinajstić information content (AvgIpc) is 3.50. The van der Waals surface area contributed by atoms with Gasteiger partial charge in [-0.2, -0.15) is 5.10 Å². The summed E-state index contributed by atoms with van der Waals surface area (Å²) in [6.45, 7) is -0.0983. The molecule has 0 heterocycles. The molecule has 0 bridgehead atoms. The minimum Gasteiger partial charge on any atom is -0.357 e. The maximum Gasteiger partial charge on any atom is 0.273 e. The van der Waals surface area contributed by atoms with Gasteiger partial charge in [0.25, 0.3) is 5.91 Å². The molecule has 144 valence electrons. The molecule has 0 radical (unpaired) electrons. The monoisotopic (exact) mass is 372 g/mol. The second-order valence-electron chi connectivity index (χ2n) is 6.37. The largest absolute Gasteiger partial charge is 0.357 e. The zero-order valence-corrected chi connectivity index (χ0v) is 15.1. The maximum absolute atomic E-state index is 12.4. The summed E-state index contributed by atoms with van der Waals surface area (Å²) in [6.07, 6.45) is 3.70. The Kier molecular flexibility index (Phi) is 7.04. The van der Waals surface area contributed by atoms with E-state index >= 15 is 0 Å². The number of amides is 3. The zero-order chi connectivity index (χ0) is 19.7. The number of benzene rings is 1. The highest BCUT2D eigenvalue weighted by Gasteiger charge is 2.42. The van der Waals surface area contributed by atoms with E-state index in [0.717, 1.165) is 19.1 Å². The first kappa shape index (κ1) is 20.1. The van der Waals surface area contributed by atoms with Crippen molar-refractivity contribution in [1.29, 1.82) is 5.41 Å². The predicted octanol–water partition coefficient (Wildman–Crippen LogP) is 0.251. The van der Waals surface area contributed by atoms with Gasteiger partial charge in [0.2, 0.25) is 12.3 Å². The van der Waals surface area contributed by atoms with E-state index in [4.69, 9.17) is 5.41 Å². The fourth-order valence-electron chi connectivity index (χ4n) is 2.70. The summed E-state index contributed by atoms with van der Waals surface area (Å²) in [6, 6.07) is 9.00. The van der Waals surface area contributed by atoms with E-state index in [1.54, 1.807) is 12.1 Å². The molecule has 9 nitrogen and oxygen atoms in total. The van der Waals surface area contributed by atoms with Crippen molar-refractivity contribution in [1.82, 2.24) is 16.0 Å². The highest BCUT2D eigenvalue weighted by molar-refractivity contribution is 6.60. The van der Waals surface area contributed by atoms with Gasteiger partial charge in [0.15, 0.2) is 5.71 Å². The van der Waals surface area contributed by atoms with Gasteiger partial charge in [-0.05, 0) is 24.5 Å². The van der Waals surface area contributed by atoms with Crippen molar-refractivity contribution in [2.75, 3.05) is 19.0 Å². The number of carbonyl (C=O) groups excluding carboxylic acids is 3. The second kappa shape index (κ2) is 9.46. The third-order valence-electron chi connectivity index (χ3n) is 4.33. The van der Waals surface area contributed by atoms with Crippen LogP contribution in [0.25, 0.3) is 0 Å². The molecule has 1 aromatic carbocycles. The third-order valence-corrected chi connectivity index (χ3v) is 4.33. The van der Waals surface area contributed by atoms with Crippen molar-refractivity contribution in [3.63, 3.8) is 0 Å². The Morgan fingerprint density at radius 2 is 2.00 bits per heavy atom. The van der Waals surface area contributed by atoms with Crippen LogP contribution in [0.2, 0.25) is 0 Å². The molecule has 3 amide bonds. The van der Waals surface area contributed by atoms with Crippen LogP contribution in [-0.2, 0) is 14.4 Å². The summed E-state index contributed by atoms with van der Waals surface area (Å²) >= 11 is 0. The maximum atomic E-state index is 12.4. The Morgan fingerprint density at radius 1 is 1.30 bits per heavy atom. The quantitative estimate of drug-likeness (QED) is 0.216. The number of hydrogen-bond donors (Lipinski definition) is 5. The number of para-hydroxylation sites is 1. The first-order chi connectivity index (χ1) is 13.0. The first-order valence-corrected chi connectivity index (χ1v) is 8.65. The Balaban J connectivity index is 2.06. The predicted molar refractivity (Wildman–Crippen MR) is 103 cm³/mol. The van der Waals surface area contributed by atoms with Crippen molar-refractivity contribution in [2.24, 2.45) is 11.0 Å². The van der Waals surface area contributed by atoms with Crippen molar-refractivity contribution in [2.45, 2.75) is 24.8 Å². The van der Waals surface area contributed by atoms with E-state index in [1.807, 2.05) is 18.2 Å². The number of nitrogens with zero attached hydrogens (tertiary/aromatic N) is 1. The number of rotatable bonds is 11. The number of likely N-dealkylation sites (N-methyl/N-ethyl adjacent to an activating group) is 1. The van der Waals surface area contributed by atoms with Gasteiger partial charge in [0, 0.05) is 7.05 Å². The standard InChI is InChI=1S/C18H24N6O3/c1-20-17(27)18(22-12-25,9-13-7-8-13)11-21-16(26)15(10-19)24-23-14-5-3-2-4-6-14/h2-6,10,12-13,19,23H,7-9,11H2,1H3,(H,20,27)(H,21,26)(H,22,25)/b19-10?,24-15+. The normalized spacial score (nSPS) is 15.8. The van der Waals surface area contributed by atoms with E-state index in [0.29, 0.717) is 24.4 Å². The van der Waals surface area contributed by atoms with E-state index in [1.165, 1.54) is 7.05 Å². The van der Waals surface area contributed by atoms with Crippen LogP contribution >= 0.6 is 0 Å². The summed E-state index contributed by atoms with van der Waals surface area (Å²) < 4.78 is 0. The molecule has 9 heteroatoms. The fourth-order valence-corrected chi connectivity index (χ4v) is 2.70. The minimum atomic E-state index is -1.23. The average molecular weight is 372 g/mol. The SMILES string of the molecule is CNC(=O)C(CNC(=O)/C(C=N)=N/Nc1ccccc1)(CC1CC1)NC=O. The van der Waals surface area contributed by atoms with Crippen LogP contribution in [-0.4, -0.2) is 49.3 Å². The molecule has 2 rings (SSSR count). The Bertz CT molecular complexity index is 717. The molecular weight excluding hydrogens is 348 g/mol. The molecule has 0 aromatic heterocycles. The van der Waals surface area contributed by atoms with Gasteiger partial charge in [-0.15, -0.1) is 0 Å². The van der Waals surface area contributed by atoms with Crippen LogP contribution in [0, 0.1) is 11.3 Å².